The molecule has 6 heteroatoms. The fourth-order valence-electron chi connectivity index (χ4n) is 3.17. The number of carbonyl (C=O) groups is 2. The zero-order valence-electron chi connectivity index (χ0n) is 15.3. The van der Waals surface area contributed by atoms with E-state index in [4.69, 9.17) is 0 Å². The molecule has 26 heavy (non-hydrogen) atoms. The summed E-state index contributed by atoms with van der Waals surface area (Å²) < 4.78 is 0. The maximum atomic E-state index is 12.7. The molecule has 2 amide bonds. The molecule has 2 heterocycles. The summed E-state index contributed by atoms with van der Waals surface area (Å²) in [6.07, 6.45) is 0. The molecule has 0 radical (unpaired) electrons. The zero-order chi connectivity index (χ0) is 18.7. The van der Waals surface area contributed by atoms with Gasteiger partial charge in [-0.05, 0) is 37.8 Å². The first-order valence-corrected chi connectivity index (χ1v) is 10.7. The van der Waals surface area contributed by atoms with Gasteiger partial charge in [-0.1, -0.05) is 35.9 Å². The van der Waals surface area contributed by atoms with E-state index in [0.717, 1.165) is 10.4 Å². The van der Waals surface area contributed by atoms with Gasteiger partial charge < -0.3 is 9.80 Å². The number of nitrogens with zero attached hydrogens (tertiary/aromatic N) is 2. The van der Waals surface area contributed by atoms with Crippen molar-refractivity contribution in [1.82, 2.24) is 9.80 Å². The van der Waals surface area contributed by atoms with Crippen LogP contribution in [0.5, 0.6) is 0 Å². The summed E-state index contributed by atoms with van der Waals surface area (Å²) in [6.45, 7) is 7.75. The van der Waals surface area contributed by atoms with Crippen LogP contribution in [0, 0.1) is 6.92 Å². The van der Waals surface area contributed by atoms with Gasteiger partial charge in [0.15, 0.2) is 0 Å². The quantitative estimate of drug-likeness (QED) is 0.745. The number of benzene rings is 1. The molecule has 4 nitrogen and oxygen atoms in total. The van der Waals surface area contributed by atoms with E-state index in [9.17, 15) is 9.59 Å². The van der Waals surface area contributed by atoms with Crippen molar-refractivity contribution < 1.29 is 9.59 Å². The minimum atomic E-state index is -0.0522. The average Bonchev–Trinajstić information content (AvgIpc) is 3.26. The summed E-state index contributed by atoms with van der Waals surface area (Å²) in [5.41, 5.74) is 2.35. The molecule has 1 aromatic carbocycles. The van der Waals surface area contributed by atoms with Gasteiger partial charge in [0, 0.05) is 19.6 Å². The topological polar surface area (TPSA) is 40.6 Å². The smallest absolute Gasteiger partial charge is 0.263 e. The molecule has 0 spiro atoms. The van der Waals surface area contributed by atoms with Crippen LogP contribution in [0.3, 0.4) is 0 Å². The minimum absolute atomic E-state index is 0.0212. The lowest BCUT2D eigenvalue weighted by Crippen LogP contribution is -2.40. The fourth-order valence-corrected chi connectivity index (χ4v) is 5.16. The van der Waals surface area contributed by atoms with E-state index < -0.39 is 0 Å². The van der Waals surface area contributed by atoms with Crippen LogP contribution < -0.4 is 0 Å². The number of hydrogen-bond donors (Lipinski definition) is 0. The number of likely N-dealkylation sites (N-methyl/N-ethyl adjacent to an activating group) is 1. The summed E-state index contributed by atoms with van der Waals surface area (Å²) in [6, 6.07) is 12.1. The third-order valence-corrected chi connectivity index (χ3v) is 6.84. The van der Waals surface area contributed by atoms with Crippen LogP contribution >= 0.6 is 23.1 Å². The molecule has 2 aromatic rings. The van der Waals surface area contributed by atoms with Gasteiger partial charge in [-0.2, -0.15) is 0 Å². The molecule has 138 valence electrons. The normalized spacial score (nSPS) is 19.8. The number of carbonyl (C=O) groups excluding carboxylic acids is 2. The van der Waals surface area contributed by atoms with E-state index in [1.165, 1.54) is 16.9 Å². The summed E-state index contributed by atoms with van der Waals surface area (Å²) in [5, 5.41) is 1.88. The molecule has 0 saturated carbocycles. The predicted octanol–water partition coefficient (Wildman–Crippen LogP) is 4.18. The van der Waals surface area contributed by atoms with E-state index in [1.54, 1.807) is 11.8 Å². The first-order chi connectivity index (χ1) is 12.5. The summed E-state index contributed by atoms with van der Waals surface area (Å²) >= 11 is 3.14. The van der Waals surface area contributed by atoms with Crippen molar-refractivity contribution in [3.8, 4) is 0 Å². The van der Waals surface area contributed by atoms with Crippen molar-refractivity contribution in [3.63, 3.8) is 0 Å². The largest absolute Gasteiger partial charge is 0.336 e. The van der Waals surface area contributed by atoms with Gasteiger partial charge >= 0.3 is 0 Å². The standard InChI is InChI=1S/C20H24N2O2S2/c1-4-21(19(24)17-9-6-12-25-17)10-11-22-18(23)15(3)26-20(22)16-8-5-7-14(2)13-16/h5-9,12-13,15,20H,4,10-11H2,1-3H3. The van der Waals surface area contributed by atoms with Gasteiger partial charge in [0.1, 0.15) is 5.37 Å². The number of aryl methyl sites for hydroxylation is 1. The fraction of sp³-hybridized carbons (Fsp3) is 0.400. The Balaban J connectivity index is 1.73. The van der Waals surface area contributed by atoms with Crippen molar-refractivity contribution in [2.45, 2.75) is 31.4 Å². The second-order valence-electron chi connectivity index (χ2n) is 6.44. The molecular weight excluding hydrogens is 364 g/mol. The van der Waals surface area contributed by atoms with Crippen molar-refractivity contribution in [2.24, 2.45) is 0 Å². The molecule has 0 N–H and O–H groups in total. The Kier molecular flexibility index (Phi) is 6.04. The van der Waals surface area contributed by atoms with Crippen LogP contribution in [-0.2, 0) is 4.79 Å². The third kappa shape index (κ3) is 3.96. The van der Waals surface area contributed by atoms with Crippen molar-refractivity contribution in [1.29, 1.82) is 0 Å². The molecule has 1 saturated heterocycles. The number of rotatable bonds is 6. The van der Waals surface area contributed by atoms with Crippen LogP contribution in [0.4, 0.5) is 0 Å². The second kappa shape index (κ2) is 8.27. The molecule has 1 aliphatic rings. The van der Waals surface area contributed by atoms with E-state index in [2.05, 4.69) is 25.1 Å². The van der Waals surface area contributed by atoms with Crippen molar-refractivity contribution in [2.75, 3.05) is 19.6 Å². The third-order valence-electron chi connectivity index (χ3n) is 4.59. The molecule has 0 aliphatic carbocycles. The Morgan fingerprint density at radius 1 is 1.27 bits per heavy atom. The number of thiophene rings is 1. The van der Waals surface area contributed by atoms with Gasteiger partial charge in [0.05, 0.1) is 10.1 Å². The predicted molar refractivity (Wildman–Crippen MR) is 109 cm³/mol. The molecule has 1 fully saturated rings. The molecule has 2 atom stereocenters. The summed E-state index contributed by atoms with van der Waals surface area (Å²) in [4.78, 5) is 29.8. The summed E-state index contributed by atoms with van der Waals surface area (Å²) in [5.74, 6) is 0.197. The lowest BCUT2D eigenvalue weighted by molar-refractivity contribution is -0.130. The highest BCUT2D eigenvalue weighted by molar-refractivity contribution is 8.01. The highest BCUT2D eigenvalue weighted by atomic mass is 32.2. The van der Waals surface area contributed by atoms with Gasteiger partial charge in [-0.3, -0.25) is 9.59 Å². The molecule has 0 bridgehead atoms. The maximum Gasteiger partial charge on any atom is 0.263 e. The van der Waals surface area contributed by atoms with E-state index in [1.807, 2.05) is 47.2 Å². The van der Waals surface area contributed by atoms with E-state index in [0.29, 0.717) is 19.6 Å². The Morgan fingerprint density at radius 3 is 2.73 bits per heavy atom. The highest BCUT2D eigenvalue weighted by Gasteiger charge is 2.38. The van der Waals surface area contributed by atoms with Gasteiger partial charge in [0.2, 0.25) is 5.91 Å². The highest BCUT2D eigenvalue weighted by Crippen LogP contribution is 2.42. The number of hydrogen-bond acceptors (Lipinski definition) is 4. The molecular formula is C20H24N2O2S2. The Labute approximate surface area is 163 Å². The molecule has 3 rings (SSSR count). The molecule has 1 aliphatic heterocycles. The number of amides is 2. The van der Waals surface area contributed by atoms with E-state index in [-0.39, 0.29) is 22.4 Å². The summed E-state index contributed by atoms with van der Waals surface area (Å²) in [7, 11) is 0. The van der Waals surface area contributed by atoms with Gasteiger partial charge in [-0.15, -0.1) is 23.1 Å². The molecule has 2 unspecified atom stereocenters. The van der Waals surface area contributed by atoms with E-state index >= 15 is 0 Å². The van der Waals surface area contributed by atoms with Crippen LogP contribution in [-0.4, -0.2) is 46.5 Å². The lowest BCUT2D eigenvalue weighted by Gasteiger charge is -2.28. The zero-order valence-corrected chi connectivity index (χ0v) is 17.0. The lowest BCUT2D eigenvalue weighted by atomic mass is 10.1. The van der Waals surface area contributed by atoms with Crippen LogP contribution in [0.1, 0.15) is 40.0 Å². The second-order valence-corrected chi connectivity index (χ2v) is 8.81. The number of thioether (sulfide) groups is 1. The van der Waals surface area contributed by atoms with Crippen LogP contribution in [0.15, 0.2) is 41.8 Å². The van der Waals surface area contributed by atoms with Gasteiger partial charge in [0.25, 0.3) is 5.91 Å². The van der Waals surface area contributed by atoms with Crippen LogP contribution in [0.25, 0.3) is 0 Å². The van der Waals surface area contributed by atoms with Gasteiger partial charge in [-0.25, -0.2) is 0 Å². The van der Waals surface area contributed by atoms with Crippen molar-refractivity contribution >= 4 is 34.9 Å². The van der Waals surface area contributed by atoms with Crippen molar-refractivity contribution in [3.05, 3.63) is 57.8 Å². The molecule has 1 aromatic heterocycles. The first-order valence-electron chi connectivity index (χ1n) is 8.86. The maximum absolute atomic E-state index is 12.7. The minimum Gasteiger partial charge on any atom is -0.336 e. The Bertz CT molecular complexity index is 776. The average molecular weight is 389 g/mol. The monoisotopic (exact) mass is 388 g/mol. The SMILES string of the molecule is CCN(CCN1C(=O)C(C)SC1c1cccc(C)c1)C(=O)c1cccs1. The van der Waals surface area contributed by atoms with Crippen LogP contribution in [0.2, 0.25) is 0 Å². The first kappa shape index (κ1) is 19.0. The Hall–Kier alpha value is -1.79. The Morgan fingerprint density at radius 2 is 2.08 bits per heavy atom.